The van der Waals surface area contributed by atoms with E-state index in [1.54, 1.807) is 0 Å². The molecular formula is C9H16ClN3. The first-order valence-electron chi connectivity index (χ1n) is 4.40. The van der Waals surface area contributed by atoms with Crippen molar-refractivity contribution in [1.82, 2.24) is 10.2 Å². The number of nitrogens with zero attached hydrogens (tertiary/aromatic N) is 1. The van der Waals surface area contributed by atoms with Gasteiger partial charge in [0.05, 0.1) is 0 Å². The van der Waals surface area contributed by atoms with Crippen LogP contribution in [0.25, 0.3) is 0 Å². The van der Waals surface area contributed by atoms with Gasteiger partial charge in [0, 0.05) is 16.7 Å². The molecular weight excluding hydrogens is 186 g/mol. The van der Waals surface area contributed by atoms with Crippen molar-refractivity contribution in [3.05, 3.63) is 16.4 Å². The molecule has 0 saturated heterocycles. The Balaban J connectivity index is 3.07. The van der Waals surface area contributed by atoms with E-state index in [0.29, 0.717) is 11.7 Å². The number of hydrogen-bond acceptors (Lipinski definition) is 2. The predicted octanol–water partition coefficient (Wildman–Crippen LogP) is 1.86. The van der Waals surface area contributed by atoms with E-state index >= 15 is 0 Å². The lowest BCUT2D eigenvalue weighted by atomic mass is 9.89. The minimum atomic E-state index is 0.0463. The van der Waals surface area contributed by atoms with Crippen LogP contribution in [-0.4, -0.2) is 16.7 Å². The maximum absolute atomic E-state index is 5.93. The summed E-state index contributed by atoms with van der Waals surface area (Å²) in [4.78, 5) is 0. The highest BCUT2D eigenvalue weighted by molar-refractivity contribution is 6.30. The Morgan fingerprint density at radius 2 is 2.08 bits per heavy atom. The first-order valence-corrected chi connectivity index (χ1v) is 4.78. The Labute approximate surface area is 83.7 Å². The number of halogens is 1. The number of nitrogens with two attached hydrogens (primary N) is 1. The van der Waals surface area contributed by atoms with Gasteiger partial charge in [-0.05, 0) is 13.0 Å². The van der Waals surface area contributed by atoms with Gasteiger partial charge >= 0.3 is 0 Å². The summed E-state index contributed by atoms with van der Waals surface area (Å²) >= 11 is 5.93. The van der Waals surface area contributed by atoms with E-state index in [4.69, 9.17) is 17.3 Å². The summed E-state index contributed by atoms with van der Waals surface area (Å²) in [6, 6.07) is 0. The first-order chi connectivity index (χ1) is 5.96. The summed E-state index contributed by atoms with van der Waals surface area (Å²) in [6.45, 7) is 6.97. The summed E-state index contributed by atoms with van der Waals surface area (Å²) in [5.74, 6) is 0. The molecule has 0 radical (unpaired) electrons. The number of nitrogens with one attached hydrogen (secondary N) is 1. The minimum absolute atomic E-state index is 0.0463. The van der Waals surface area contributed by atoms with Crippen LogP contribution in [-0.2, 0) is 11.8 Å². The molecule has 1 rings (SSSR count). The second kappa shape index (κ2) is 3.68. The maximum atomic E-state index is 5.93. The monoisotopic (exact) mass is 201 g/mol. The highest BCUT2D eigenvalue weighted by Crippen LogP contribution is 2.27. The molecule has 3 N–H and O–H groups in total. The quantitative estimate of drug-likeness (QED) is 0.768. The Hall–Kier alpha value is -0.540. The Morgan fingerprint density at radius 3 is 2.54 bits per heavy atom. The molecule has 0 bridgehead atoms. The van der Waals surface area contributed by atoms with Gasteiger partial charge in [0.2, 0.25) is 0 Å². The molecule has 0 unspecified atom stereocenters. The first kappa shape index (κ1) is 10.5. The van der Waals surface area contributed by atoms with Gasteiger partial charge in [0.1, 0.15) is 0 Å². The fraction of sp³-hybridized carbons (Fsp3) is 0.667. The van der Waals surface area contributed by atoms with Gasteiger partial charge in [-0.2, -0.15) is 5.10 Å². The SMILES string of the molecule is CC(C)(C)c1[nH]nc(Cl)c1CCN. The molecule has 0 aliphatic rings. The van der Waals surface area contributed by atoms with Gasteiger partial charge in [0.25, 0.3) is 0 Å². The van der Waals surface area contributed by atoms with Crippen molar-refractivity contribution in [2.45, 2.75) is 32.6 Å². The van der Waals surface area contributed by atoms with Crippen molar-refractivity contribution in [2.24, 2.45) is 5.73 Å². The maximum Gasteiger partial charge on any atom is 0.154 e. The minimum Gasteiger partial charge on any atom is -0.330 e. The fourth-order valence-corrected chi connectivity index (χ4v) is 1.57. The molecule has 74 valence electrons. The second-order valence-electron chi connectivity index (χ2n) is 4.16. The lowest BCUT2D eigenvalue weighted by molar-refractivity contribution is 0.560. The molecule has 3 nitrogen and oxygen atoms in total. The molecule has 13 heavy (non-hydrogen) atoms. The molecule has 1 aromatic rings. The van der Waals surface area contributed by atoms with E-state index < -0.39 is 0 Å². The second-order valence-corrected chi connectivity index (χ2v) is 4.51. The third kappa shape index (κ3) is 2.23. The predicted molar refractivity (Wildman–Crippen MR) is 55.1 cm³/mol. The smallest absolute Gasteiger partial charge is 0.154 e. The summed E-state index contributed by atoms with van der Waals surface area (Å²) in [6.07, 6.45) is 0.780. The van der Waals surface area contributed by atoms with Crippen LogP contribution < -0.4 is 5.73 Å². The normalized spacial score (nSPS) is 12.1. The average Bonchev–Trinajstić information content (AvgIpc) is 2.32. The van der Waals surface area contributed by atoms with E-state index in [1.165, 1.54) is 0 Å². The van der Waals surface area contributed by atoms with E-state index in [2.05, 4.69) is 31.0 Å². The number of H-pyrrole nitrogens is 1. The lowest BCUT2D eigenvalue weighted by Gasteiger charge is -2.18. The molecule has 0 amide bonds. The largest absolute Gasteiger partial charge is 0.330 e. The van der Waals surface area contributed by atoms with Crippen LogP contribution in [0, 0.1) is 0 Å². The molecule has 0 spiro atoms. The highest BCUT2D eigenvalue weighted by atomic mass is 35.5. The van der Waals surface area contributed by atoms with E-state index in [-0.39, 0.29) is 5.41 Å². The number of rotatable bonds is 2. The molecule has 1 aromatic heterocycles. The molecule has 0 fully saturated rings. The van der Waals surface area contributed by atoms with Crippen molar-refractivity contribution in [1.29, 1.82) is 0 Å². The van der Waals surface area contributed by atoms with Gasteiger partial charge in [-0.15, -0.1) is 0 Å². The Bertz CT molecular complexity index is 286. The Morgan fingerprint density at radius 1 is 1.46 bits per heavy atom. The third-order valence-corrected chi connectivity index (χ3v) is 2.27. The van der Waals surface area contributed by atoms with Gasteiger partial charge in [0.15, 0.2) is 5.15 Å². The van der Waals surface area contributed by atoms with Crippen LogP contribution in [0.3, 0.4) is 0 Å². The van der Waals surface area contributed by atoms with Gasteiger partial charge in [-0.3, -0.25) is 5.10 Å². The van der Waals surface area contributed by atoms with Crippen LogP contribution in [0.4, 0.5) is 0 Å². The third-order valence-electron chi connectivity index (χ3n) is 1.96. The summed E-state index contributed by atoms with van der Waals surface area (Å²) in [5.41, 5.74) is 7.69. The van der Waals surface area contributed by atoms with Crippen molar-refractivity contribution in [3.63, 3.8) is 0 Å². The van der Waals surface area contributed by atoms with E-state index in [9.17, 15) is 0 Å². The van der Waals surface area contributed by atoms with Crippen LogP contribution >= 0.6 is 11.6 Å². The van der Waals surface area contributed by atoms with Gasteiger partial charge < -0.3 is 5.73 Å². The molecule has 0 aromatic carbocycles. The topological polar surface area (TPSA) is 54.7 Å². The molecule has 0 aliphatic heterocycles. The Kier molecular flexibility index (Phi) is 2.98. The molecule has 0 atom stereocenters. The fourth-order valence-electron chi connectivity index (χ4n) is 1.34. The van der Waals surface area contributed by atoms with E-state index in [1.807, 2.05) is 0 Å². The number of aromatic amines is 1. The standard InChI is InChI=1S/C9H16ClN3/c1-9(2,3)7-6(4-5-11)8(10)13-12-7/h4-5,11H2,1-3H3,(H,12,13). The van der Waals surface area contributed by atoms with E-state index in [0.717, 1.165) is 17.7 Å². The van der Waals surface area contributed by atoms with Crippen molar-refractivity contribution in [3.8, 4) is 0 Å². The van der Waals surface area contributed by atoms with Gasteiger partial charge in [-0.1, -0.05) is 32.4 Å². The molecule has 1 heterocycles. The molecule has 0 aliphatic carbocycles. The van der Waals surface area contributed by atoms with Crippen molar-refractivity contribution < 1.29 is 0 Å². The average molecular weight is 202 g/mol. The van der Waals surface area contributed by atoms with Crippen LogP contribution in [0.15, 0.2) is 0 Å². The number of hydrogen-bond donors (Lipinski definition) is 2. The van der Waals surface area contributed by atoms with Crippen molar-refractivity contribution in [2.75, 3.05) is 6.54 Å². The van der Waals surface area contributed by atoms with Crippen LogP contribution in [0.5, 0.6) is 0 Å². The zero-order valence-electron chi connectivity index (χ0n) is 8.32. The zero-order chi connectivity index (χ0) is 10.1. The molecule has 4 heteroatoms. The summed E-state index contributed by atoms with van der Waals surface area (Å²) < 4.78 is 0. The van der Waals surface area contributed by atoms with Crippen LogP contribution in [0.2, 0.25) is 5.15 Å². The van der Waals surface area contributed by atoms with Gasteiger partial charge in [-0.25, -0.2) is 0 Å². The lowest BCUT2D eigenvalue weighted by Crippen LogP contribution is -2.16. The summed E-state index contributed by atoms with van der Waals surface area (Å²) in [5, 5.41) is 7.50. The summed E-state index contributed by atoms with van der Waals surface area (Å²) in [7, 11) is 0. The molecule has 0 saturated carbocycles. The zero-order valence-corrected chi connectivity index (χ0v) is 9.07. The number of aromatic nitrogens is 2. The van der Waals surface area contributed by atoms with Crippen LogP contribution in [0.1, 0.15) is 32.0 Å². The highest BCUT2D eigenvalue weighted by Gasteiger charge is 2.22. The van der Waals surface area contributed by atoms with Crippen molar-refractivity contribution >= 4 is 11.6 Å².